The van der Waals surface area contributed by atoms with Crippen LogP contribution in [0.2, 0.25) is 0 Å². The number of rotatable bonds is 4. The molecular formula is C20H31IN4O2. The highest BCUT2D eigenvalue weighted by Crippen LogP contribution is 2.27. The van der Waals surface area contributed by atoms with E-state index in [-0.39, 0.29) is 35.5 Å². The molecule has 0 amide bonds. The van der Waals surface area contributed by atoms with Gasteiger partial charge in [0.2, 0.25) is 0 Å². The third-order valence-corrected chi connectivity index (χ3v) is 5.73. The molecule has 150 valence electrons. The molecule has 27 heavy (non-hydrogen) atoms. The molecule has 0 radical (unpaired) electrons. The third-order valence-electron chi connectivity index (χ3n) is 5.73. The van der Waals surface area contributed by atoms with Crippen LogP contribution in [0.15, 0.2) is 35.3 Å². The second kappa shape index (κ2) is 9.07. The molecule has 2 unspecified atom stereocenters. The number of halogens is 1. The molecule has 4 rings (SSSR count). The Morgan fingerprint density at radius 2 is 2.04 bits per heavy atom. The molecule has 1 aromatic carbocycles. The highest BCUT2D eigenvalue weighted by atomic mass is 127. The summed E-state index contributed by atoms with van der Waals surface area (Å²) in [5.74, 6) is 0.982. The smallest absolute Gasteiger partial charge is 0.193 e. The van der Waals surface area contributed by atoms with Gasteiger partial charge in [0.25, 0.3) is 0 Å². The molecule has 2 atom stereocenters. The SMILES string of the molecule is CN=C(NCC1(C)COC1)N1CC2OCCN(Cc3ccccc3)C2C1.I. The largest absolute Gasteiger partial charge is 0.380 e. The monoisotopic (exact) mass is 486 g/mol. The molecule has 0 saturated carbocycles. The van der Waals surface area contributed by atoms with Gasteiger partial charge in [0, 0.05) is 45.2 Å². The summed E-state index contributed by atoms with van der Waals surface area (Å²) in [4.78, 5) is 9.43. The standard InChI is InChI=1S/C20H30N4O2.HI/c1-20(14-25-15-20)13-22-19(21-2)24-11-17-18(12-24)26-9-8-23(17)10-16-6-4-3-5-7-16;/h3-7,17-18H,8-15H2,1-2H3,(H,21,22);1H. The van der Waals surface area contributed by atoms with Crippen molar-refractivity contribution in [3.63, 3.8) is 0 Å². The van der Waals surface area contributed by atoms with Gasteiger partial charge in [-0.25, -0.2) is 0 Å². The van der Waals surface area contributed by atoms with Gasteiger partial charge >= 0.3 is 0 Å². The van der Waals surface area contributed by atoms with Gasteiger partial charge in [0.15, 0.2) is 5.96 Å². The first-order valence-corrected chi connectivity index (χ1v) is 9.60. The molecule has 6 nitrogen and oxygen atoms in total. The van der Waals surface area contributed by atoms with Crippen LogP contribution in [0.3, 0.4) is 0 Å². The fourth-order valence-corrected chi connectivity index (χ4v) is 4.12. The average Bonchev–Trinajstić information content (AvgIpc) is 3.07. The number of likely N-dealkylation sites (tertiary alicyclic amines) is 1. The Hall–Kier alpha value is -0.900. The summed E-state index contributed by atoms with van der Waals surface area (Å²) in [6.07, 6.45) is 0.258. The molecule has 0 aromatic heterocycles. The predicted octanol–water partition coefficient (Wildman–Crippen LogP) is 1.80. The van der Waals surface area contributed by atoms with Gasteiger partial charge in [-0.1, -0.05) is 37.3 Å². The Balaban J connectivity index is 0.00000210. The van der Waals surface area contributed by atoms with E-state index in [4.69, 9.17) is 9.47 Å². The predicted molar refractivity (Wildman–Crippen MR) is 118 cm³/mol. The van der Waals surface area contributed by atoms with Crippen molar-refractivity contribution in [1.29, 1.82) is 0 Å². The molecule has 0 spiro atoms. The molecule has 1 N–H and O–H groups in total. The van der Waals surface area contributed by atoms with E-state index < -0.39 is 0 Å². The summed E-state index contributed by atoms with van der Waals surface area (Å²) in [5, 5.41) is 3.55. The van der Waals surface area contributed by atoms with Crippen molar-refractivity contribution in [2.24, 2.45) is 10.4 Å². The number of nitrogens with zero attached hydrogens (tertiary/aromatic N) is 3. The first-order chi connectivity index (χ1) is 12.7. The van der Waals surface area contributed by atoms with E-state index in [0.717, 1.165) is 58.5 Å². The van der Waals surface area contributed by atoms with Crippen LogP contribution in [0.25, 0.3) is 0 Å². The highest BCUT2D eigenvalue weighted by Gasteiger charge is 2.41. The lowest BCUT2D eigenvalue weighted by Gasteiger charge is -2.39. The topological polar surface area (TPSA) is 49.3 Å². The summed E-state index contributed by atoms with van der Waals surface area (Å²) >= 11 is 0. The van der Waals surface area contributed by atoms with Gasteiger partial charge in [-0.05, 0) is 5.56 Å². The van der Waals surface area contributed by atoms with Crippen LogP contribution in [0.5, 0.6) is 0 Å². The van der Waals surface area contributed by atoms with Crippen molar-refractivity contribution in [3.8, 4) is 0 Å². The van der Waals surface area contributed by atoms with E-state index in [1.807, 2.05) is 7.05 Å². The number of nitrogens with one attached hydrogen (secondary N) is 1. The number of fused-ring (bicyclic) bond motifs is 1. The molecule has 0 bridgehead atoms. The lowest BCUT2D eigenvalue weighted by atomic mass is 9.89. The second-order valence-electron chi connectivity index (χ2n) is 8.04. The van der Waals surface area contributed by atoms with E-state index in [1.165, 1.54) is 5.56 Å². The first-order valence-electron chi connectivity index (χ1n) is 9.60. The normalized spacial score (nSPS) is 27.5. The Bertz CT molecular complexity index is 638. The summed E-state index contributed by atoms with van der Waals surface area (Å²) in [7, 11) is 1.87. The van der Waals surface area contributed by atoms with Crippen molar-refractivity contribution in [2.75, 3.05) is 53.0 Å². The Morgan fingerprint density at radius 1 is 1.26 bits per heavy atom. The fourth-order valence-electron chi connectivity index (χ4n) is 4.12. The van der Waals surface area contributed by atoms with Crippen molar-refractivity contribution in [2.45, 2.75) is 25.6 Å². The minimum atomic E-state index is 0. The average molecular weight is 486 g/mol. The summed E-state index contributed by atoms with van der Waals surface area (Å²) in [5.41, 5.74) is 1.60. The molecular weight excluding hydrogens is 455 g/mol. The van der Waals surface area contributed by atoms with E-state index >= 15 is 0 Å². The second-order valence-corrected chi connectivity index (χ2v) is 8.04. The Labute approximate surface area is 179 Å². The zero-order valence-electron chi connectivity index (χ0n) is 16.3. The lowest BCUT2D eigenvalue weighted by Crippen LogP contribution is -2.52. The van der Waals surface area contributed by atoms with Crippen LogP contribution in [0.1, 0.15) is 12.5 Å². The number of aliphatic imine (C=N–C) groups is 1. The maximum atomic E-state index is 6.09. The molecule has 3 saturated heterocycles. The van der Waals surface area contributed by atoms with Crippen LogP contribution < -0.4 is 5.32 Å². The molecule has 3 heterocycles. The van der Waals surface area contributed by atoms with Crippen molar-refractivity contribution in [3.05, 3.63) is 35.9 Å². The van der Waals surface area contributed by atoms with E-state index in [2.05, 4.69) is 57.4 Å². The zero-order valence-corrected chi connectivity index (χ0v) is 18.6. The molecule has 1 aromatic rings. The number of hydrogen-bond acceptors (Lipinski definition) is 4. The van der Waals surface area contributed by atoms with Gasteiger partial charge in [-0.15, -0.1) is 24.0 Å². The van der Waals surface area contributed by atoms with Crippen LogP contribution >= 0.6 is 24.0 Å². The molecule has 3 aliphatic rings. The minimum absolute atomic E-state index is 0. The van der Waals surface area contributed by atoms with Crippen LogP contribution in [0, 0.1) is 5.41 Å². The van der Waals surface area contributed by atoms with Crippen molar-refractivity contribution in [1.82, 2.24) is 15.1 Å². The molecule has 7 heteroatoms. The summed E-state index contributed by atoms with van der Waals surface area (Å²) in [6, 6.07) is 11.1. The van der Waals surface area contributed by atoms with Gasteiger partial charge in [0.05, 0.1) is 32.0 Å². The summed E-state index contributed by atoms with van der Waals surface area (Å²) < 4.78 is 11.4. The van der Waals surface area contributed by atoms with Crippen LogP contribution in [-0.4, -0.2) is 81.0 Å². The Kier molecular flexibility index (Phi) is 6.99. The number of benzene rings is 1. The molecule has 3 aliphatic heterocycles. The third kappa shape index (κ3) is 4.75. The van der Waals surface area contributed by atoms with Gasteiger partial charge in [-0.3, -0.25) is 9.89 Å². The summed E-state index contributed by atoms with van der Waals surface area (Å²) in [6.45, 7) is 9.47. The van der Waals surface area contributed by atoms with Gasteiger partial charge in [0.1, 0.15) is 0 Å². The van der Waals surface area contributed by atoms with Crippen LogP contribution in [0.4, 0.5) is 0 Å². The fraction of sp³-hybridized carbons (Fsp3) is 0.650. The van der Waals surface area contributed by atoms with Gasteiger partial charge in [-0.2, -0.15) is 0 Å². The lowest BCUT2D eigenvalue weighted by molar-refractivity contribution is -0.0972. The van der Waals surface area contributed by atoms with Crippen LogP contribution in [-0.2, 0) is 16.0 Å². The maximum Gasteiger partial charge on any atom is 0.193 e. The van der Waals surface area contributed by atoms with Gasteiger partial charge < -0.3 is 19.7 Å². The molecule has 0 aliphatic carbocycles. The maximum absolute atomic E-state index is 6.09. The number of guanidine groups is 1. The quantitative estimate of drug-likeness (QED) is 0.400. The van der Waals surface area contributed by atoms with Crippen molar-refractivity contribution < 1.29 is 9.47 Å². The molecule has 3 fully saturated rings. The minimum Gasteiger partial charge on any atom is -0.380 e. The van der Waals surface area contributed by atoms with Crippen molar-refractivity contribution >= 4 is 29.9 Å². The highest BCUT2D eigenvalue weighted by molar-refractivity contribution is 14.0. The number of morpholine rings is 1. The van der Waals surface area contributed by atoms with E-state index in [1.54, 1.807) is 0 Å². The number of hydrogen-bond donors (Lipinski definition) is 1. The number of ether oxygens (including phenoxy) is 2. The van der Waals surface area contributed by atoms with E-state index in [0.29, 0.717) is 6.04 Å². The first kappa shape index (κ1) is 20.8. The Morgan fingerprint density at radius 3 is 2.70 bits per heavy atom. The zero-order chi connectivity index (χ0) is 18.0. The van der Waals surface area contributed by atoms with E-state index in [9.17, 15) is 0 Å².